The van der Waals surface area contributed by atoms with Gasteiger partial charge in [-0.1, -0.05) is 46.0 Å². The second-order valence-electron chi connectivity index (χ2n) is 5.70. The highest BCUT2D eigenvalue weighted by Gasteiger charge is 2.39. The fourth-order valence-corrected chi connectivity index (χ4v) is 3.22. The lowest BCUT2D eigenvalue weighted by Gasteiger charge is -2.41. The molecule has 0 spiro atoms. The van der Waals surface area contributed by atoms with E-state index >= 15 is 0 Å². The van der Waals surface area contributed by atoms with Crippen LogP contribution >= 0.6 is 0 Å². The van der Waals surface area contributed by atoms with Gasteiger partial charge in [0.15, 0.2) is 0 Å². The fourth-order valence-electron chi connectivity index (χ4n) is 3.22. The molecular formula is C15H30O2. The third-order valence-corrected chi connectivity index (χ3v) is 4.15. The number of ether oxygens (including phenoxy) is 1. The third-order valence-electron chi connectivity index (χ3n) is 4.15. The molecule has 1 fully saturated rings. The van der Waals surface area contributed by atoms with Crippen molar-refractivity contribution in [3.8, 4) is 0 Å². The summed E-state index contributed by atoms with van der Waals surface area (Å²) in [5, 5.41) is 10.5. The standard InChI is InChI=1S/C15H30O2/c1-4-9-13(3)12-14(16)15(17-5-2)10-7-6-8-11-15/h13-14,16H,4-12H2,1-3H3. The van der Waals surface area contributed by atoms with E-state index in [1.165, 1.54) is 32.1 Å². The van der Waals surface area contributed by atoms with Crippen molar-refractivity contribution in [2.24, 2.45) is 5.92 Å². The Balaban J connectivity index is 2.55. The average molecular weight is 242 g/mol. The Morgan fingerprint density at radius 1 is 1.18 bits per heavy atom. The Kier molecular flexibility index (Phi) is 6.50. The van der Waals surface area contributed by atoms with Gasteiger partial charge in [0.1, 0.15) is 0 Å². The first-order valence-electron chi connectivity index (χ1n) is 7.46. The minimum Gasteiger partial charge on any atom is -0.390 e. The first kappa shape index (κ1) is 15.0. The molecule has 1 aliphatic rings. The lowest BCUT2D eigenvalue weighted by molar-refractivity contribution is -0.144. The molecule has 1 saturated carbocycles. The number of aliphatic hydroxyl groups excluding tert-OH is 1. The monoisotopic (exact) mass is 242 g/mol. The SMILES string of the molecule is CCCC(C)CC(O)C1(OCC)CCCCC1. The molecule has 0 bridgehead atoms. The van der Waals surface area contributed by atoms with Gasteiger partial charge in [-0.15, -0.1) is 0 Å². The molecule has 0 heterocycles. The van der Waals surface area contributed by atoms with Gasteiger partial charge in [-0.25, -0.2) is 0 Å². The normalized spacial score (nSPS) is 23.3. The quantitative estimate of drug-likeness (QED) is 0.733. The van der Waals surface area contributed by atoms with Gasteiger partial charge >= 0.3 is 0 Å². The van der Waals surface area contributed by atoms with Crippen LogP contribution in [0.1, 0.15) is 72.1 Å². The van der Waals surface area contributed by atoms with Crippen molar-refractivity contribution in [3.05, 3.63) is 0 Å². The molecule has 2 nitrogen and oxygen atoms in total. The van der Waals surface area contributed by atoms with Crippen molar-refractivity contribution >= 4 is 0 Å². The Labute approximate surface area is 107 Å². The third kappa shape index (κ3) is 4.26. The second kappa shape index (κ2) is 7.38. The van der Waals surface area contributed by atoms with Gasteiger partial charge in [0.05, 0.1) is 11.7 Å². The first-order chi connectivity index (χ1) is 8.14. The van der Waals surface area contributed by atoms with E-state index in [0.29, 0.717) is 5.92 Å². The molecule has 1 N–H and O–H groups in total. The smallest absolute Gasteiger partial charge is 0.0940 e. The van der Waals surface area contributed by atoms with Crippen molar-refractivity contribution < 1.29 is 9.84 Å². The summed E-state index contributed by atoms with van der Waals surface area (Å²) in [7, 11) is 0. The van der Waals surface area contributed by atoms with Crippen LogP contribution in [-0.4, -0.2) is 23.4 Å². The highest BCUT2D eigenvalue weighted by molar-refractivity contribution is 4.91. The van der Waals surface area contributed by atoms with Crippen molar-refractivity contribution in [1.82, 2.24) is 0 Å². The molecule has 1 aliphatic carbocycles. The van der Waals surface area contributed by atoms with Crippen LogP contribution in [0.2, 0.25) is 0 Å². The van der Waals surface area contributed by atoms with Gasteiger partial charge in [0.25, 0.3) is 0 Å². The molecule has 0 aromatic rings. The molecule has 2 atom stereocenters. The molecule has 1 rings (SSSR count). The topological polar surface area (TPSA) is 29.5 Å². The van der Waals surface area contributed by atoms with Gasteiger partial charge in [-0.2, -0.15) is 0 Å². The molecule has 102 valence electrons. The van der Waals surface area contributed by atoms with E-state index in [-0.39, 0.29) is 11.7 Å². The Hall–Kier alpha value is -0.0800. The van der Waals surface area contributed by atoms with E-state index in [0.717, 1.165) is 25.9 Å². The van der Waals surface area contributed by atoms with E-state index in [4.69, 9.17) is 4.74 Å². The van der Waals surface area contributed by atoms with Crippen LogP contribution in [0.25, 0.3) is 0 Å². The molecule has 0 aliphatic heterocycles. The minimum absolute atomic E-state index is 0.227. The van der Waals surface area contributed by atoms with Crippen LogP contribution in [0.4, 0.5) is 0 Å². The first-order valence-corrected chi connectivity index (χ1v) is 7.46. The molecule has 0 radical (unpaired) electrons. The molecule has 2 heteroatoms. The highest BCUT2D eigenvalue weighted by Crippen LogP contribution is 2.37. The summed E-state index contributed by atoms with van der Waals surface area (Å²) >= 11 is 0. The van der Waals surface area contributed by atoms with Crippen LogP contribution in [0, 0.1) is 5.92 Å². The molecule has 0 amide bonds. The largest absolute Gasteiger partial charge is 0.390 e. The fraction of sp³-hybridized carbons (Fsp3) is 1.00. The van der Waals surface area contributed by atoms with Crippen LogP contribution in [0.5, 0.6) is 0 Å². The predicted octanol–water partition coefficient (Wildman–Crippen LogP) is 3.91. The van der Waals surface area contributed by atoms with Crippen molar-refractivity contribution in [2.45, 2.75) is 83.8 Å². The maximum absolute atomic E-state index is 10.5. The molecule has 0 saturated heterocycles. The number of hydrogen-bond donors (Lipinski definition) is 1. The van der Waals surface area contributed by atoms with Gasteiger partial charge < -0.3 is 9.84 Å². The Bertz CT molecular complexity index is 192. The number of hydrogen-bond acceptors (Lipinski definition) is 2. The number of rotatable bonds is 7. The van der Waals surface area contributed by atoms with Crippen molar-refractivity contribution in [1.29, 1.82) is 0 Å². The van der Waals surface area contributed by atoms with E-state index in [9.17, 15) is 5.11 Å². The zero-order valence-electron chi connectivity index (χ0n) is 11.9. The van der Waals surface area contributed by atoms with E-state index < -0.39 is 0 Å². The minimum atomic E-state index is -0.274. The van der Waals surface area contributed by atoms with E-state index in [2.05, 4.69) is 13.8 Å². The summed E-state index contributed by atoms with van der Waals surface area (Å²) in [6.45, 7) is 7.22. The molecular weight excluding hydrogens is 212 g/mol. The van der Waals surface area contributed by atoms with E-state index in [1.807, 2.05) is 6.92 Å². The lowest BCUT2D eigenvalue weighted by atomic mass is 9.77. The molecule has 0 aromatic carbocycles. The zero-order valence-corrected chi connectivity index (χ0v) is 11.9. The summed E-state index contributed by atoms with van der Waals surface area (Å²) in [6, 6.07) is 0. The van der Waals surface area contributed by atoms with Gasteiger partial charge in [-0.05, 0) is 32.1 Å². The van der Waals surface area contributed by atoms with Gasteiger partial charge in [-0.3, -0.25) is 0 Å². The maximum Gasteiger partial charge on any atom is 0.0940 e. The average Bonchev–Trinajstić information content (AvgIpc) is 2.30. The molecule has 0 aromatic heterocycles. The van der Waals surface area contributed by atoms with Crippen LogP contribution in [0.3, 0.4) is 0 Å². The van der Waals surface area contributed by atoms with Crippen LogP contribution < -0.4 is 0 Å². The Morgan fingerprint density at radius 2 is 1.82 bits per heavy atom. The summed E-state index contributed by atoms with van der Waals surface area (Å²) in [4.78, 5) is 0. The van der Waals surface area contributed by atoms with E-state index in [1.54, 1.807) is 0 Å². The number of aliphatic hydroxyl groups is 1. The van der Waals surface area contributed by atoms with Crippen LogP contribution in [-0.2, 0) is 4.74 Å². The maximum atomic E-state index is 10.5. The van der Waals surface area contributed by atoms with Gasteiger partial charge in [0.2, 0.25) is 0 Å². The molecule has 2 unspecified atom stereocenters. The summed E-state index contributed by atoms with van der Waals surface area (Å²) in [5.41, 5.74) is -0.227. The summed E-state index contributed by atoms with van der Waals surface area (Å²) in [6.07, 6.45) is 8.83. The van der Waals surface area contributed by atoms with Crippen LogP contribution in [0.15, 0.2) is 0 Å². The highest BCUT2D eigenvalue weighted by atomic mass is 16.5. The molecule has 17 heavy (non-hydrogen) atoms. The van der Waals surface area contributed by atoms with Gasteiger partial charge in [0, 0.05) is 6.61 Å². The lowest BCUT2D eigenvalue weighted by Crippen LogP contribution is -2.47. The predicted molar refractivity (Wildman–Crippen MR) is 72.1 cm³/mol. The second-order valence-corrected chi connectivity index (χ2v) is 5.70. The van der Waals surface area contributed by atoms with Crippen molar-refractivity contribution in [2.75, 3.05) is 6.61 Å². The summed E-state index contributed by atoms with van der Waals surface area (Å²) < 4.78 is 5.96. The summed E-state index contributed by atoms with van der Waals surface area (Å²) in [5.74, 6) is 0.606. The zero-order chi connectivity index (χ0) is 12.7. The Morgan fingerprint density at radius 3 is 2.35 bits per heavy atom. The van der Waals surface area contributed by atoms with Crippen molar-refractivity contribution in [3.63, 3.8) is 0 Å².